The maximum atomic E-state index is 12.7. The van der Waals surface area contributed by atoms with E-state index in [4.69, 9.17) is 0 Å². The van der Waals surface area contributed by atoms with Crippen molar-refractivity contribution < 1.29 is 4.39 Å². The molecule has 0 radical (unpaired) electrons. The molecule has 11 heavy (non-hydrogen) atoms. The summed E-state index contributed by atoms with van der Waals surface area (Å²) in [4.78, 5) is 9.94. The van der Waals surface area contributed by atoms with Gasteiger partial charge in [0.1, 0.15) is 5.69 Å². The smallest absolute Gasteiger partial charge is 0.152 e. The normalized spacial score (nSPS) is 9.64. The monoisotopic (exact) mass is 153 g/mol. The molecule has 0 atom stereocenters. The number of nitrogens with zero attached hydrogens (tertiary/aromatic N) is 1. The van der Waals surface area contributed by atoms with Crippen LogP contribution in [0.25, 0.3) is 0 Å². The predicted molar refractivity (Wildman–Crippen MR) is 41.2 cm³/mol. The van der Waals surface area contributed by atoms with E-state index >= 15 is 0 Å². The average molecular weight is 153 g/mol. The van der Waals surface area contributed by atoms with Gasteiger partial charge in [-0.25, -0.2) is 4.39 Å². The summed E-state index contributed by atoms with van der Waals surface area (Å²) >= 11 is 0. The van der Waals surface area contributed by atoms with E-state index in [0.717, 1.165) is 12.0 Å². The van der Waals surface area contributed by atoms with E-state index in [2.05, 4.69) is 5.18 Å². The molecule has 0 aliphatic carbocycles. The second kappa shape index (κ2) is 3.23. The number of hydrogen-bond donors (Lipinski definition) is 0. The summed E-state index contributed by atoms with van der Waals surface area (Å²) in [6.45, 7) is 1.92. The van der Waals surface area contributed by atoms with Crippen LogP contribution in [-0.2, 0) is 6.42 Å². The number of halogens is 1. The molecule has 2 nitrogen and oxygen atoms in total. The molecule has 0 aromatic heterocycles. The summed E-state index contributed by atoms with van der Waals surface area (Å²) in [5.74, 6) is -0.542. The Labute approximate surface area is 64.0 Å². The Hall–Kier alpha value is -1.25. The molecule has 0 aliphatic heterocycles. The molecule has 0 unspecified atom stereocenters. The van der Waals surface area contributed by atoms with Crippen molar-refractivity contribution in [3.8, 4) is 0 Å². The Kier molecular flexibility index (Phi) is 2.31. The van der Waals surface area contributed by atoms with Crippen molar-refractivity contribution in [1.82, 2.24) is 0 Å². The van der Waals surface area contributed by atoms with E-state index in [-0.39, 0.29) is 5.69 Å². The van der Waals surface area contributed by atoms with Crippen LogP contribution >= 0.6 is 0 Å². The van der Waals surface area contributed by atoms with E-state index in [0.29, 0.717) is 0 Å². The first-order chi connectivity index (χ1) is 5.27. The van der Waals surface area contributed by atoms with E-state index < -0.39 is 5.82 Å². The maximum absolute atomic E-state index is 12.7. The lowest BCUT2D eigenvalue weighted by Gasteiger charge is -1.96. The van der Waals surface area contributed by atoms with E-state index in [1.54, 1.807) is 6.07 Å². The lowest BCUT2D eigenvalue weighted by atomic mass is 10.1. The van der Waals surface area contributed by atoms with Crippen molar-refractivity contribution in [2.75, 3.05) is 0 Å². The van der Waals surface area contributed by atoms with Gasteiger partial charge in [-0.1, -0.05) is 13.0 Å². The quantitative estimate of drug-likeness (QED) is 0.600. The van der Waals surface area contributed by atoms with Crippen molar-refractivity contribution >= 4 is 5.69 Å². The summed E-state index contributed by atoms with van der Waals surface area (Å²) in [5, 5.41) is 2.52. The van der Waals surface area contributed by atoms with Crippen LogP contribution in [0.1, 0.15) is 12.5 Å². The third-order valence-electron chi connectivity index (χ3n) is 1.52. The molecule has 0 spiro atoms. The van der Waals surface area contributed by atoms with Gasteiger partial charge >= 0.3 is 0 Å². The zero-order chi connectivity index (χ0) is 8.27. The molecule has 0 saturated carbocycles. The summed E-state index contributed by atoms with van der Waals surface area (Å²) in [6, 6.07) is 4.41. The highest BCUT2D eigenvalue weighted by molar-refractivity contribution is 5.40. The fourth-order valence-corrected chi connectivity index (χ4v) is 0.844. The van der Waals surface area contributed by atoms with Crippen molar-refractivity contribution in [2.45, 2.75) is 13.3 Å². The van der Waals surface area contributed by atoms with Crippen molar-refractivity contribution in [1.29, 1.82) is 0 Å². The number of benzene rings is 1. The van der Waals surface area contributed by atoms with Crippen LogP contribution in [0, 0.1) is 10.7 Å². The minimum absolute atomic E-state index is 0.123. The third-order valence-corrected chi connectivity index (χ3v) is 1.52. The minimum atomic E-state index is -0.542. The number of aryl methyl sites for hydroxylation is 1. The Morgan fingerprint density at radius 3 is 2.73 bits per heavy atom. The SMILES string of the molecule is CCc1ccc(N=O)c(F)c1. The highest BCUT2D eigenvalue weighted by atomic mass is 19.1. The van der Waals surface area contributed by atoms with E-state index in [1.807, 2.05) is 6.92 Å². The largest absolute Gasteiger partial charge is 0.204 e. The zero-order valence-electron chi connectivity index (χ0n) is 6.17. The van der Waals surface area contributed by atoms with Gasteiger partial charge in [0.15, 0.2) is 5.82 Å². The van der Waals surface area contributed by atoms with E-state index in [9.17, 15) is 9.30 Å². The van der Waals surface area contributed by atoms with Gasteiger partial charge in [-0.05, 0) is 29.3 Å². The second-order valence-electron chi connectivity index (χ2n) is 2.23. The lowest BCUT2D eigenvalue weighted by molar-refractivity contribution is 0.627. The van der Waals surface area contributed by atoms with Gasteiger partial charge in [-0.3, -0.25) is 0 Å². The fraction of sp³-hybridized carbons (Fsp3) is 0.250. The molecule has 0 heterocycles. The molecule has 0 N–H and O–H groups in total. The third kappa shape index (κ3) is 1.61. The van der Waals surface area contributed by atoms with Crippen molar-refractivity contribution in [3.63, 3.8) is 0 Å². The van der Waals surface area contributed by atoms with Crippen LogP contribution in [0.2, 0.25) is 0 Å². The summed E-state index contributed by atoms with van der Waals surface area (Å²) in [5.41, 5.74) is 0.747. The molecule has 0 amide bonds. The first-order valence-electron chi connectivity index (χ1n) is 3.39. The number of hydrogen-bond acceptors (Lipinski definition) is 2. The molecule has 1 rings (SSSR count). The molecule has 1 aromatic rings. The molecule has 3 heteroatoms. The van der Waals surface area contributed by atoms with Crippen LogP contribution in [0.3, 0.4) is 0 Å². The highest BCUT2D eigenvalue weighted by Gasteiger charge is 2.01. The fourth-order valence-electron chi connectivity index (χ4n) is 0.844. The number of rotatable bonds is 2. The summed E-state index contributed by atoms with van der Waals surface area (Å²) < 4.78 is 12.7. The van der Waals surface area contributed by atoms with Gasteiger partial charge in [0.2, 0.25) is 0 Å². The number of nitroso groups, excluding NO2 is 1. The Balaban J connectivity index is 3.09. The molecular formula is C8H8FNO. The second-order valence-corrected chi connectivity index (χ2v) is 2.23. The van der Waals surface area contributed by atoms with Gasteiger partial charge in [0.05, 0.1) is 0 Å². The average Bonchev–Trinajstić information content (AvgIpc) is 2.04. The van der Waals surface area contributed by atoms with Crippen molar-refractivity contribution in [2.24, 2.45) is 5.18 Å². The van der Waals surface area contributed by atoms with Crippen molar-refractivity contribution in [3.05, 3.63) is 34.5 Å². The van der Waals surface area contributed by atoms with Gasteiger partial charge < -0.3 is 0 Å². The molecule has 58 valence electrons. The van der Waals surface area contributed by atoms with Gasteiger partial charge in [0.25, 0.3) is 0 Å². The standard InChI is InChI=1S/C8H8FNO/c1-2-6-3-4-8(10-11)7(9)5-6/h3-5H,2H2,1H3. The van der Waals surface area contributed by atoms with Crippen LogP contribution in [0.5, 0.6) is 0 Å². The molecule has 0 saturated heterocycles. The molecule has 0 fully saturated rings. The van der Waals surface area contributed by atoms with E-state index in [1.165, 1.54) is 12.1 Å². The Morgan fingerprint density at radius 1 is 1.55 bits per heavy atom. The minimum Gasteiger partial charge on any atom is -0.204 e. The zero-order valence-corrected chi connectivity index (χ0v) is 6.17. The van der Waals surface area contributed by atoms with Crippen LogP contribution in [-0.4, -0.2) is 0 Å². The Morgan fingerprint density at radius 2 is 2.27 bits per heavy atom. The summed E-state index contributed by atoms with van der Waals surface area (Å²) in [6.07, 6.45) is 0.760. The van der Waals surface area contributed by atoms with Gasteiger partial charge in [-0.15, -0.1) is 4.91 Å². The molecule has 0 aliphatic rings. The van der Waals surface area contributed by atoms with Crippen LogP contribution < -0.4 is 0 Å². The first kappa shape index (κ1) is 7.85. The first-order valence-corrected chi connectivity index (χ1v) is 3.39. The predicted octanol–water partition coefficient (Wildman–Crippen LogP) is 2.79. The van der Waals surface area contributed by atoms with Crippen LogP contribution in [0.4, 0.5) is 10.1 Å². The molecular weight excluding hydrogens is 145 g/mol. The van der Waals surface area contributed by atoms with Gasteiger partial charge in [-0.2, -0.15) is 0 Å². The Bertz CT molecular complexity index is 273. The lowest BCUT2D eigenvalue weighted by Crippen LogP contribution is -1.81. The maximum Gasteiger partial charge on any atom is 0.152 e. The van der Waals surface area contributed by atoms with Crippen LogP contribution in [0.15, 0.2) is 23.4 Å². The van der Waals surface area contributed by atoms with Gasteiger partial charge in [0, 0.05) is 0 Å². The molecule has 0 bridgehead atoms. The topological polar surface area (TPSA) is 29.4 Å². The summed E-state index contributed by atoms with van der Waals surface area (Å²) in [7, 11) is 0. The molecule has 1 aromatic carbocycles. The highest BCUT2D eigenvalue weighted by Crippen LogP contribution is 2.18.